The van der Waals surface area contributed by atoms with Gasteiger partial charge in [-0.1, -0.05) is 184 Å². The van der Waals surface area contributed by atoms with Gasteiger partial charge in [-0.15, -0.1) is 0 Å². The zero-order valence-corrected chi connectivity index (χ0v) is 44.2. The summed E-state index contributed by atoms with van der Waals surface area (Å²) in [6.07, 6.45) is 0. The van der Waals surface area contributed by atoms with Crippen molar-refractivity contribution < 1.29 is 0 Å². The fourth-order valence-electron chi connectivity index (χ4n) is 15.3. The summed E-state index contributed by atoms with van der Waals surface area (Å²) in [4.78, 5) is 0. The zero-order chi connectivity index (χ0) is 52.6. The lowest BCUT2D eigenvalue weighted by Crippen LogP contribution is -2.41. The summed E-state index contributed by atoms with van der Waals surface area (Å²) < 4.78 is 9.91. The third-order valence-corrected chi connectivity index (χ3v) is 18.6. The number of aromatic nitrogens is 4. The van der Waals surface area contributed by atoms with Gasteiger partial charge in [-0.25, -0.2) is 0 Å². The van der Waals surface area contributed by atoms with Gasteiger partial charge < -0.3 is 18.3 Å². The first-order chi connectivity index (χ1) is 39.5. The molecule has 18 rings (SSSR count). The van der Waals surface area contributed by atoms with Crippen LogP contribution in [0.5, 0.6) is 0 Å². The zero-order valence-electron chi connectivity index (χ0n) is 44.2. The van der Waals surface area contributed by atoms with Crippen LogP contribution in [0.1, 0.15) is 47.2 Å². The van der Waals surface area contributed by atoms with Crippen molar-refractivity contribution in [2.75, 3.05) is 0 Å². The summed E-state index contributed by atoms with van der Waals surface area (Å²) in [6, 6.07) is 101. The maximum absolute atomic E-state index is 2.56. The van der Waals surface area contributed by atoms with Crippen molar-refractivity contribution in [3.63, 3.8) is 0 Å². The molecule has 4 heteroatoms. The third-order valence-electron chi connectivity index (χ3n) is 18.6. The Hall–Kier alpha value is -10.2. The van der Waals surface area contributed by atoms with Gasteiger partial charge in [-0.3, -0.25) is 0 Å². The molecular formula is C76H50N4. The monoisotopic (exact) mass is 1020 g/mol. The molecule has 0 saturated carbocycles. The minimum absolute atomic E-state index is 0.338. The molecule has 2 aliphatic rings. The van der Waals surface area contributed by atoms with E-state index in [1.54, 1.807) is 0 Å². The standard InChI is InChI=1S/C76H50N4/c1-75(2)63-39-35-49(79-71-33-17-9-25-57(71)59-43-47(37-41-73(59)79)77-67-29-13-5-21-53(67)54-22-6-14-30-68(54)77)45-65(63)76(61-27-11-3-19-51(61)52-20-4-12-28-62(52)76)66-46-50(36-40-64(66)75)80-72-34-18-10-26-58(72)60-44-48(38-42-74(60)80)78-69-31-15-7-23-55(69)56-24-8-16-32-70(56)78/h3-46H,1-2H3. The molecule has 2 aliphatic carbocycles. The van der Waals surface area contributed by atoms with Gasteiger partial charge in [0.15, 0.2) is 0 Å². The van der Waals surface area contributed by atoms with E-state index in [1.165, 1.54) is 132 Å². The molecule has 0 radical (unpaired) electrons. The van der Waals surface area contributed by atoms with Gasteiger partial charge in [-0.2, -0.15) is 0 Å². The lowest BCUT2D eigenvalue weighted by Gasteiger charge is -2.47. The van der Waals surface area contributed by atoms with Crippen LogP contribution in [-0.4, -0.2) is 18.3 Å². The molecule has 0 unspecified atom stereocenters. The number of benzene rings is 12. The molecule has 1 spiro atoms. The molecule has 0 fully saturated rings. The van der Waals surface area contributed by atoms with E-state index in [0.29, 0.717) is 0 Å². The van der Waals surface area contributed by atoms with E-state index in [-0.39, 0.29) is 5.41 Å². The van der Waals surface area contributed by atoms with Crippen LogP contribution in [0.2, 0.25) is 0 Å². The minimum atomic E-state index is -0.635. The highest BCUT2D eigenvalue weighted by atomic mass is 15.0. The molecular weight excluding hydrogens is 969 g/mol. The van der Waals surface area contributed by atoms with Crippen molar-refractivity contribution in [3.8, 4) is 33.9 Å². The Kier molecular flexibility index (Phi) is 8.64. The lowest BCUT2D eigenvalue weighted by atomic mass is 9.55. The molecule has 80 heavy (non-hydrogen) atoms. The molecule has 0 N–H and O–H groups in total. The Labute approximate surface area is 461 Å². The lowest BCUT2D eigenvalue weighted by molar-refractivity contribution is 0.562. The van der Waals surface area contributed by atoms with Gasteiger partial charge in [0.1, 0.15) is 0 Å². The van der Waals surface area contributed by atoms with Crippen molar-refractivity contribution in [1.29, 1.82) is 0 Å². The Balaban J connectivity index is 0.877. The van der Waals surface area contributed by atoms with E-state index >= 15 is 0 Å². The number of fused-ring (bicyclic) bond motifs is 21. The molecule has 4 heterocycles. The summed E-state index contributed by atoms with van der Waals surface area (Å²) in [5.74, 6) is 0. The van der Waals surface area contributed by atoms with Gasteiger partial charge in [0.05, 0.1) is 49.5 Å². The van der Waals surface area contributed by atoms with Crippen LogP contribution in [-0.2, 0) is 10.8 Å². The summed E-state index contributed by atoms with van der Waals surface area (Å²) in [6.45, 7) is 4.88. The molecule has 4 nitrogen and oxygen atoms in total. The van der Waals surface area contributed by atoms with Crippen LogP contribution in [0, 0.1) is 0 Å². The average molecular weight is 1020 g/mol. The van der Waals surface area contributed by atoms with E-state index in [4.69, 9.17) is 0 Å². The molecule has 4 aromatic heterocycles. The van der Waals surface area contributed by atoms with Gasteiger partial charge >= 0.3 is 0 Å². The van der Waals surface area contributed by atoms with E-state index < -0.39 is 5.41 Å². The predicted molar refractivity (Wildman–Crippen MR) is 333 cm³/mol. The van der Waals surface area contributed by atoms with Gasteiger partial charge in [0.2, 0.25) is 0 Å². The number of para-hydroxylation sites is 6. The van der Waals surface area contributed by atoms with Gasteiger partial charge in [-0.05, 0) is 142 Å². The normalized spacial score (nSPS) is 14.1. The van der Waals surface area contributed by atoms with Crippen LogP contribution in [0.3, 0.4) is 0 Å². The average Bonchev–Trinajstić information content (AvgIpc) is 4.47. The summed E-state index contributed by atoms with van der Waals surface area (Å²) in [5, 5.41) is 9.98. The van der Waals surface area contributed by atoms with Crippen molar-refractivity contribution in [1.82, 2.24) is 18.3 Å². The van der Waals surface area contributed by atoms with Crippen molar-refractivity contribution in [2.45, 2.75) is 24.7 Å². The molecule has 0 atom stereocenters. The summed E-state index contributed by atoms with van der Waals surface area (Å²) in [7, 11) is 0. The van der Waals surface area contributed by atoms with Crippen LogP contribution in [0.15, 0.2) is 267 Å². The maximum Gasteiger partial charge on any atom is 0.0721 e. The fraction of sp³-hybridized carbons (Fsp3) is 0.0526. The predicted octanol–water partition coefficient (Wildman–Crippen LogP) is 19.1. The van der Waals surface area contributed by atoms with Crippen LogP contribution in [0.4, 0.5) is 0 Å². The molecule has 16 aromatic rings. The smallest absolute Gasteiger partial charge is 0.0721 e. The Morgan fingerprint density at radius 3 is 0.825 bits per heavy atom. The minimum Gasteiger partial charge on any atom is -0.309 e. The van der Waals surface area contributed by atoms with E-state index in [2.05, 4.69) is 299 Å². The fourth-order valence-corrected chi connectivity index (χ4v) is 15.3. The molecule has 0 aliphatic heterocycles. The number of hydrogen-bond donors (Lipinski definition) is 0. The largest absolute Gasteiger partial charge is 0.309 e. The highest BCUT2D eigenvalue weighted by Crippen LogP contribution is 2.63. The first-order valence-corrected chi connectivity index (χ1v) is 28.0. The highest BCUT2D eigenvalue weighted by molar-refractivity contribution is 6.14. The van der Waals surface area contributed by atoms with Gasteiger partial charge in [0.25, 0.3) is 0 Å². The third kappa shape index (κ3) is 5.54. The second-order valence-corrected chi connectivity index (χ2v) is 22.8. The highest BCUT2D eigenvalue weighted by Gasteiger charge is 2.53. The molecule has 0 saturated heterocycles. The van der Waals surface area contributed by atoms with E-state index in [0.717, 1.165) is 22.7 Å². The Bertz CT molecular complexity index is 4920. The quantitative estimate of drug-likeness (QED) is 0.167. The molecule has 12 aromatic carbocycles. The maximum atomic E-state index is 2.56. The van der Waals surface area contributed by atoms with Crippen LogP contribution >= 0.6 is 0 Å². The van der Waals surface area contributed by atoms with E-state index in [9.17, 15) is 0 Å². The van der Waals surface area contributed by atoms with Gasteiger partial charge in [0, 0.05) is 71.3 Å². The second kappa shape index (κ2) is 15.7. The van der Waals surface area contributed by atoms with Crippen LogP contribution in [0.25, 0.3) is 121 Å². The summed E-state index contributed by atoms with van der Waals surface area (Å²) >= 11 is 0. The number of nitrogens with zero attached hydrogens (tertiary/aromatic N) is 4. The van der Waals surface area contributed by atoms with Crippen molar-refractivity contribution >= 4 is 87.2 Å². The molecule has 0 amide bonds. The number of hydrogen-bond acceptors (Lipinski definition) is 0. The van der Waals surface area contributed by atoms with Crippen LogP contribution < -0.4 is 0 Å². The first kappa shape index (κ1) is 43.9. The Morgan fingerprint density at radius 2 is 0.475 bits per heavy atom. The topological polar surface area (TPSA) is 19.7 Å². The number of rotatable bonds is 4. The van der Waals surface area contributed by atoms with Crippen molar-refractivity contribution in [2.24, 2.45) is 0 Å². The second-order valence-electron chi connectivity index (χ2n) is 22.8. The Morgan fingerprint density at radius 1 is 0.212 bits per heavy atom. The first-order valence-electron chi connectivity index (χ1n) is 28.0. The molecule has 0 bridgehead atoms. The summed E-state index contributed by atoms with van der Waals surface area (Å²) in [5.41, 5.74) is 23.8. The SMILES string of the molecule is CC1(C)c2ccc(-n3c4ccccc4c4cc(-n5c6ccccc6c6ccccc65)ccc43)cc2C2(c3ccccc3-c3ccccc32)c2cc(-n3c4ccccc4c4cc(-n5c6ccccc6c6ccccc65)ccc43)ccc21. The molecule has 374 valence electrons. The van der Waals surface area contributed by atoms with Crippen molar-refractivity contribution in [3.05, 3.63) is 300 Å². The van der Waals surface area contributed by atoms with E-state index in [1.807, 2.05) is 0 Å².